The van der Waals surface area contributed by atoms with Crippen molar-refractivity contribution in [2.24, 2.45) is 0 Å². The van der Waals surface area contributed by atoms with Crippen LogP contribution in [0.1, 0.15) is 15.9 Å². The van der Waals surface area contributed by atoms with Gasteiger partial charge in [0.25, 0.3) is 11.5 Å². The van der Waals surface area contributed by atoms with E-state index in [1.54, 1.807) is 24.3 Å². The fourth-order valence-corrected chi connectivity index (χ4v) is 2.73. The first-order chi connectivity index (χ1) is 12.4. The first-order valence-electron chi connectivity index (χ1n) is 7.64. The fraction of sp³-hybridized carbons (Fsp3) is 0.0526. The molecule has 0 bridgehead atoms. The summed E-state index contributed by atoms with van der Waals surface area (Å²) in [4.78, 5) is 24.9. The second-order valence-electron chi connectivity index (χ2n) is 5.56. The first-order valence-corrected chi connectivity index (χ1v) is 8.43. The van der Waals surface area contributed by atoms with Crippen molar-refractivity contribution < 1.29 is 13.6 Å². The minimum atomic E-state index is -0.704. The van der Waals surface area contributed by atoms with Gasteiger partial charge in [-0.1, -0.05) is 28.1 Å². The summed E-state index contributed by atoms with van der Waals surface area (Å²) in [7, 11) is 0. The number of aromatic nitrogens is 1. The van der Waals surface area contributed by atoms with Gasteiger partial charge in [0.1, 0.15) is 17.2 Å². The Labute approximate surface area is 156 Å². The van der Waals surface area contributed by atoms with Crippen LogP contribution < -0.4 is 10.9 Å². The molecule has 3 rings (SSSR count). The molecule has 0 aliphatic rings. The van der Waals surface area contributed by atoms with Crippen LogP contribution in [0.4, 0.5) is 14.5 Å². The summed E-state index contributed by atoms with van der Waals surface area (Å²) in [6.45, 7) is 0.187. The lowest BCUT2D eigenvalue weighted by Crippen LogP contribution is -2.29. The lowest BCUT2D eigenvalue weighted by molar-refractivity contribution is 0.102. The summed E-state index contributed by atoms with van der Waals surface area (Å²) in [6, 6.07) is 12.8. The standard InChI is InChI=1S/C19H13BrF2N2O2/c20-13-5-8-17(16(22)10-13)23-18(25)15-2-1-9-24(19(15)26)11-12-3-6-14(21)7-4-12/h1-10H,11H2,(H,23,25). The minimum Gasteiger partial charge on any atom is -0.319 e. The summed E-state index contributed by atoms with van der Waals surface area (Å²) in [6.07, 6.45) is 1.53. The molecule has 0 atom stereocenters. The van der Waals surface area contributed by atoms with E-state index in [1.807, 2.05) is 0 Å². The van der Waals surface area contributed by atoms with Crippen LogP contribution in [0, 0.1) is 11.6 Å². The largest absolute Gasteiger partial charge is 0.319 e. The number of rotatable bonds is 4. The number of halogens is 3. The Morgan fingerprint density at radius 2 is 1.81 bits per heavy atom. The highest BCUT2D eigenvalue weighted by Gasteiger charge is 2.14. The Morgan fingerprint density at radius 3 is 2.50 bits per heavy atom. The van der Waals surface area contributed by atoms with Gasteiger partial charge in [0.15, 0.2) is 0 Å². The van der Waals surface area contributed by atoms with Crippen molar-refractivity contribution in [3.05, 3.63) is 98.4 Å². The highest BCUT2D eigenvalue weighted by Crippen LogP contribution is 2.19. The van der Waals surface area contributed by atoms with E-state index in [0.717, 1.165) is 0 Å². The molecular weight excluding hydrogens is 406 g/mol. The van der Waals surface area contributed by atoms with E-state index >= 15 is 0 Å². The number of benzene rings is 2. The summed E-state index contributed by atoms with van der Waals surface area (Å²) >= 11 is 3.14. The number of carbonyl (C=O) groups is 1. The molecule has 26 heavy (non-hydrogen) atoms. The van der Waals surface area contributed by atoms with Gasteiger partial charge in [-0.2, -0.15) is 0 Å². The molecule has 4 nitrogen and oxygen atoms in total. The molecule has 0 unspecified atom stereocenters. The van der Waals surface area contributed by atoms with Crippen molar-refractivity contribution in [1.29, 1.82) is 0 Å². The highest BCUT2D eigenvalue weighted by molar-refractivity contribution is 9.10. The lowest BCUT2D eigenvalue weighted by Gasteiger charge is -2.10. The van der Waals surface area contributed by atoms with Gasteiger partial charge in [0.2, 0.25) is 0 Å². The molecular formula is C19H13BrF2N2O2. The molecule has 0 saturated heterocycles. The third-order valence-corrected chi connectivity index (χ3v) is 4.20. The maximum atomic E-state index is 13.9. The second kappa shape index (κ2) is 7.61. The van der Waals surface area contributed by atoms with Gasteiger partial charge in [-0.25, -0.2) is 8.78 Å². The van der Waals surface area contributed by atoms with E-state index in [4.69, 9.17) is 0 Å². The minimum absolute atomic E-state index is 0.0217. The van der Waals surface area contributed by atoms with Crippen LogP contribution in [0.25, 0.3) is 0 Å². The average Bonchev–Trinajstić information content (AvgIpc) is 2.61. The smallest absolute Gasteiger partial charge is 0.263 e. The molecule has 1 amide bonds. The zero-order valence-corrected chi connectivity index (χ0v) is 15.0. The molecule has 2 aromatic carbocycles. The number of carbonyl (C=O) groups excluding carboxylic acids is 1. The highest BCUT2D eigenvalue weighted by atomic mass is 79.9. The topological polar surface area (TPSA) is 51.1 Å². The van der Waals surface area contributed by atoms with Gasteiger partial charge in [0, 0.05) is 10.7 Å². The first kappa shape index (κ1) is 18.0. The summed E-state index contributed by atoms with van der Waals surface area (Å²) in [5.41, 5.74) is 0.0559. The van der Waals surface area contributed by atoms with Gasteiger partial charge in [-0.15, -0.1) is 0 Å². The molecule has 1 aromatic heterocycles. The Hall–Kier alpha value is -2.80. The monoisotopic (exact) mass is 418 g/mol. The Bertz CT molecular complexity index is 1020. The lowest BCUT2D eigenvalue weighted by atomic mass is 10.2. The van der Waals surface area contributed by atoms with Gasteiger partial charge in [-0.3, -0.25) is 9.59 Å². The van der Waals surface area contributed by atoms with Crippen molar-refractivity contribution in [2.75, 3.05) is 5.32 Å². The van der Waals surface area contributed by atoms with Gasteiger partial charge in [0.05, 0.1) is 12.2 Å². The third kappa shape index (κ3) is 4.05. The zero-order valence-electron chi connectivity index (χ0n) is 13.4. The van der Waals surface area contributed by atoms with Gasteiger partial charge in [-0.05, 0) is 48.0 Å². The molecule has 0 spiro atoms. The average molecular weight is 419 g/mol. The Morgan fingerprint density at radius 1 is 1.08 bits per heavy atom. The molecule has 7 heteroatoms. The number of hydrogen-bond acceptors (Lipinski definition) is 2. The number of anilines is 1. The maximum absolute atomic E-state index is 13.9. The fourth-order valence-electron chi connectivity index (χ4n) is 2.40. The van der Waals surface area contributed by atoms with E-state index in [0.29, 0.717) is 10.0 Å². The SMILES string of the molecule is O=C(Nc1ccc(Br)cc1F)c1cccn(Cc2ccc(F)cc2)c1=O. The van der Waals surface area contributed by atoms with E-state index in [1.165, 1.54) is 41.1 Å². The van der Waals surface area contributed by atoms with Crippen molar-refractivity contribution in [2.45, 2.75) is 6.54 Å². The molecule has 0 aliphatic carbocycles. The number of amides is 1. The van der Waals surface area contributed by atoms with Crippen molar-refractivity contribution in [3.8, 4) is 0 Å². The van der Waals surface area contributed by atoms with Crippen LogP contribution in [0.15, 0.2) is 70.1 Å². The molecule has 1 heterocycles. The van der Waals surface area contributed by atoms with E-state index in [9.17, 15) is 18.4 Å². The predicted octanol–water partition coefficient (Wildman–Crippen LogP) is 4.19. The number of nitrogens with one attached hydrogen (secondary N) is 1. The van der Waals surface area contributed by atoms with E-state index < -0.39 is 17.3 Å². The number of pyridine rings is 1. The summed E-state index contributed by atoms with van der Waals surface area (Å²) < 4.78 is 28.7. The van der Waals surface area contributed by atoms with Crippen LogP contribution in [0.2, 0.25) is 0 Å². The Balaban J connectivity index is 1.85. The number of hydrogen-bond donors (Lipinski definition) is 1. The summed E-state index contributed by atoms with van der Waals surface area (Å²) in [5.74, 6) is -1.69. The van der Waals surface area contributed by atoms with Crippen LogP contribution in [-0.4, -0.2) is 10.5 Å². The van der Waals surface area contributed by atoms with E-state index in [-0.39, 0.29) is 23.6 Å². The number of nitrogens with zero attached hydrogens (tertiary/aromatic N) is 1. The zero-order chi connectivity index (χ0) is 18.7. The molecule has 0 fully saturated rings. The van der Waals surface area contributed by atoms with Crippen LogP contribution in [0.5, 0.6) is 0 Å². The molecule has 3 aromatic rings. The van der Waals surface area contributed by atoms with Gasteiger partial charge < -0.3 is 9.88 Å². The Kier molecular flexibility index (Phi) is 5.27. The quantitative estimate of drug-likeness (QED) is 0.690. The van der Waals surface area contributed by atoms with Crippen molar-refractivity contribution in [3.63, 3.8) is 0 Å². The molecule has 0 radical (unpaired) electrons. The van der Waals surface area contributed by atoms with Crippen LogP contribution in [0.3, 0.4) is 0 Å². The second-order valence-corrected chi connectivity index (χ2v) is 6.48. The normalized spacial score (nSPS) is 10.6. The summed E-state index contributed by atoms with van der Waals surface area (Å²) in [5, 5.41) is 2.40. The van der Waals surface area contributed by atoms with Crippen LogP contribution >= 0.6 is 15.9 Å². The van der Waals surface area contributed by atoms with E-state index in [2.05, 4.69) is 21.2 Å². The van der Waals surface area contributed by atoms with Crippen molar-refractivity contribution in [1.82, 2.24) is 4.57 Å². The molecule has 1 N–H and O–H groups in total. The van der Waals surface area contributed by atoms with Crippen molar-refractivity contribution >= 4 is 27.5 Å². The molecule has 0 aliphatic heterocycles. The van der Waals surface area contributed by atoms with Gasteiger partial charge >= 0.3 is 0 Å². The molecule has 0 saturated carbocycles. The predicted molar refractivity (Wildman–Crippen MR) is 98.3 cm³/mol. The van der Waals surface area contributed by atoms with Crippen LogP contribution in [-0.2, 0) is 6.54 Å². The molecule has 132 valence electrons. The third-order valence-electron chi connectivity index (χ3n) is 3.71. The maximum Gasteiger partial charge on any atom is 0.263 e.